The topological polar surface area (TPSA) is 72.2 Å². The zero-order valence-electron chi connectivity index (χ0n) is 11.0. The SMILES string of the molecule is Cc1ccc(S(=O)(=O)NC(CN)C2CCCC2)s1.Cl. The third-order valence-electron chi connectivity index (χ3n) is 3.51. The first-order valence-electron chi connectivity index (χ1n) is 6.32. The summed E-state index contributed by atoms with van der Waals surface area (Å²) < 4.78 is 27.6. The zero-order valence-corrected chi connectivity index (χ0v) is 13.4. The van der Waals surface area contributed by atoms with Crippen molar-refractivity contribution < 1.29 is 8.42 Å². The Hall–Kier alpha value is -0.140. The maximum absolute atomic E-state index is 12.2. The lowest BCUT2D eigenvalue weighted by atomic mass is 9.99. The van der Waals surface area contributed by atoms with Crippen LogP contribution in [-0.2, 0) is 10.0 Å². The molecule has 1 aliphatic carbocycles. The number of thiophene rings is 1. The van der Waals surface area contributed by atoms with Crippen LogP contribution >= 0.6 is 23.7 Å². The van der Waals surface area contributed by atoms with Crippen molar-refractivity contribution in [3.05, 3.63) is 17.0 Å². The van der Waals surface area contributed by atoms with Gasteiger partial charge in [-0.05, 0) is 37.8 Å². The molecule has 0 saturated heterocycles. The van der Waals surface area contributed by atoms with Crippen molar-refractivity contribution in [2.75, 3.05) is 6.54 Å². The van der Waals surface area contributed by atoms with E-state index in [4.69, 9.17) is 5.73 Å². The first-order chi connectivity index (χ1) is 8.53. The van der Waals surface area contributed by atoms with Gasteiger partial charge in [0.05, 0.1) is 0 Å². The number of halogens is 1. The molecule has 1 aromatic heterocycles. The van der Waals surface area contributed by atoms with Crippen LogP contribution in [0, 0.1) is 12.8 Å². The minimum Gasteiger partial charge on any atom is -0.329 e. The Morgan fingerprint density at radius 1 is 1.42 bits per heavy atom. The third-order valence-corrected chi connectivity index (χ3v) is 6.49. The highest BCUT2D eigenvalue weighted by molar-refractivity contribution is 7.91. The van der Waals surface area contributed by atoms with Crippen LogP contribution in [0.5, 0.6) is 0 Å². The van der Waals surface area contributed by atoms with Gasteiger partial charge in [0.15, 0.2) is 0 Å². The van der Waals surface area contributed by atoms with Gasteiger partial charge < -0.3 is 5.73 Å². The molecule has 1 aromatic rings. The number of rotatable bonds is 5. The van der Waals surface area contributed by atoms with Crippen LogP contribution in [0.1, 0.15) is 30.6 Å². The molecule has 1 aliphatic rings. The lowest BCUT2D eigenvalue weighted by Crippen LogP contribution is -2.44. The fraction of sp³-hybridized carbons (Fsp3) is 0.667. The summed E-state index contributed by atoms with van der Waals surface area (Å²) in [7, 11) is -3.40. The van der Waals surface area contributed by atoms with Crippen LogP contribution in [0.25, 0.3) is 0 Å². The molecule has 0 bridgehead atoms. The molecule has 7 heteroatoms. The van der Waals surface area contributed by atoms with E-state index >= 15 is 0 Å². The molecular weight excluding hydrogens is 304 g/mol. The van der Waals surface area contributed by atoms with E-state index in [0.29, 0.717) is 16.7 Å². The second-order valence-electron chi connectivity index (χ2n) is 4.87. The maximum Gasteiger partial charge on any atom is 0.250 e. The average molecular weight is 325 g/mol. The van der Waals surface area contributed by atoms with Gasteiger partial charge in [0.2, 0.25) is 10.0 Å². The molecule has 1 unspecified atom stereocenters. The Morgan fingerprint density at radius 2 is 2.05 bits per heavy atom. The Morgan fingerprint density at radius 3 is 2.53 bits per heavy atom. The zero-order chi connectivity index (χ0) is 13.2. The predicted molar refractivity (Wildman–Crippen MR) is 81.4 cm³/mol. The van der Waals surface area contributed by atoms with Crippen LogP contribution < -0.4 is 10.5 Å². The molecular formula is C12H21ClN2O2S2. The van der Waals surface area contributed by atoms with E-state index in [2.05, 4.69) is 4.72 Å². The molecule has 4 nitrogen and oxygen atoms in total. The highest BCUT2D eigenvalue weighted by Gasteiger charge is 2.28. The number of sulfonamides is 1. The van der Waals surface area contributed by atoms with Crippen molar-refractivity contribution in [2.24, 2.45) is 11.7 Å². The molecule has 0 radical (unpaired) electrons. The van der Waals surface area contributed by atoms with Gasteiger partial charge in [0, 0.05) is 17.5 Å². The van der Waals surface area contributed by atoms with E-state index in [-0.39, 0.29) is 18.4 Å². The normalized spacial score (nSPS) is 18.2. The first-order valence-corrected chi connectivity index (χ1v) is 8.62. The first kappa shape index (κ1) is 16.9. The van der Waals surface area contributed by atoms with Gasteiger partial charge in [0.25, 0.3) is 0 Å². The van der Waals surface area contributed by atoms with Crippen LogP contribution in [0.4, 0.5) is 0 Å². The van der Waals surface area contributed by atoms with Crippen molar-refractivity contribution in [1.29, 1.82) is 0 Å². The molecule has 0 amide bonds. The van der Waals surface area contributed by atoms with Crippen molar-refractivity contribution in [3.63, 3.8) is 0 Å². The molecule has 1 fully saturated rings. The summed E-state index contributed by atoms with van der Waals surface area (Å²) in [5, 5.41) is 0. The number of hydrogen-bond acceptors (Lipinski definition) is 4. The molecule has 1 saturated carbocycles. The summed E-state index contributed by atoms with van der Waals surface area (Å²) in [4.78, 5) is 1.00. The summed E-state index contributed by atoms with van der Waals surface area (Å²) >= 11 is 1.30. The van der Waals surface area contributed by atoms with Gasteiger partial charge in [0.1, 0.15) is 4.21 Å². The second kappa shape index (κ2) is 7.04. The van der Waals surface area contributed by atoms with E-state index in [1.807, 2.05) is 13.0 Å². The summed E-state index contributed by atoms with van der Waals surface area (Å²) in [6, 6.07) is 3.36. The van der Waals surface area contributed by atoms with Gasteiger partial charge in [-0.3, -0.25) is 0 Å². The van der Waals surface area contributed by atoms with Crippen LogP contribution in [0.3, 0.4) is 0 Å². The van der Waals surface area contributed by atoms with Gasteiger partial charge >= 0.3 is 0 Å². The molecule has 1 heterocycles. The summed E-state index contributed by atoms with van der Waals surface area (Å²) in [6.45, 7) is 2.27. The van der Waals surface area contributed by atoms with Gasteiger partial charge in [-0.25, -0.2) is 13.1 Å². The van der Waals surface area contributed by atoms with Gasteiger partial charge in [-0.1, -0.05) is 12.8 Å². The molecule has 2 rings (SSSR count). The van der Waals surface area contributed by atoms with Crippen LogP contribution in [0.15, 0.2) is 16.3 Å². The van der Waals surface area contributed by atoms with Crippen molar-refractivity contribution >= 4 is 33.8 Å². The van der Waals surface area contributed by atoms with Crippen molar-refractivity contribution in [2.45, 2.75) is 42.9 Å². The molecule has 19 heavy (non-hydrogen) atoms. The predicted octanol–water partition coefficient (Wildman–Crippen LogP) is 2.27. The van der Waals surface area contributed by atoms with Crippen LogP contribution in [0.2, 0.25) is 0 Å². The van der Waals surface area contributed by atoms with E-state index in [9.17, 15) is 8.42 Å². The Kier molecular flexibility index (Phi) is 6.26. The molecule has 0 aliphatic heterocycles. The van der Waals surface area contributed by atoms with Crippen molar-refractivity contribution in [1.82, 2.24) is 4.72 Å². The average Bonchev–Trinajstić information content (AvgIpc) is 2.96. The number of nitrogens with one attached hydrogen (secondary N) is 1. The quantitative estimate of drug-likeness (QED) is 0.872. The smallest absolute Gasteiger partial charge is 0.250 e. The van der Waals surface area contributed by atoms with E-state index in [1.165, 1.54) is 24.2 Å². The molecule has 110 valence electrons. The minimum absolute atomic E-state index is 0. The summed E-state index contributed by atoms with van der Waals surface area (Å²) in [5.74, 6) is 0.394. The highest BCUT2D eigenvalue weighted by Crippen LogP contribution is 2.29. The Balaban J connectivity index is 0.00000180. The highest BCUT2D eigenvalue weighted by atomic mass is 35.5. The molecule has 0 aromatic carbocycles. The monoisotopic (exact) mass is 324 g/mol. The minimum atomic E-state index is -3.40. The van der Waals surface area contributed by atoms with E-state index in [1.54, 1.807) is 6.07 Å². The number of hydrogen-bond donors (Lipinski definition) is 2. The second-order valence-corrected chi connectivity index (χ2v) is 8.10. The maximum atomic E-state index is 12.2. The molecule has 3 N–H and O–H groups in total. The third kappa shape index (κ3) is 4.16. The molecule has 1 atom stereocenters. The fourth-order valence-corrected chi connectivity index (χ4v) is 5.13. The number of nitrogens with two attached hydrogens (primary N) is 1. The lowest BCUT2D eigenvalue weighted by molar-refractivity contribution is 0.406. The van der Waals surface area contributed by atoms with Gasteiger partial charge in [-0.15, -0.1) is 23.7 Å². The van der Waals surface area contributed by atoms with E-state index < -0.39 is 10.0 Å². The standard InChI is InChI=1S/C12H20N2O2S2.ClH/c1-9-6-7-12(17-9)18(15,16)14-11(8-13)10-4-2-3-5-10;/h6-7,10-11,14H,2-5,8,13H2,1H3;1H. The van der Waals surface area contributed by atoms with E-state index in [0.717, 1.165) is 17.7 Å². The largest absolute Gasteiger partial charge is 0.329 e. The van der Waals surface area contributed by atoms with Crippen LogP contribution in [-0.4, -0.2) is 21.0 Å². The lowest BCUT2D eigenvalue weighted by Gasteiger charge is -2.22. The van der Waals surface area contributed by atoms with Crippen molar-refractivity contribution in [3.8, 4) is 0 Å². The summed E-state index contributed by atoms with van der Waals surface area (Å²) in [6.07, 6.45) is 4.52. The Labute approximate surface area is 125 Å². The molecule has 0 spiro atoms. The Bertz CT molecular complexity index is 496. The number of aryl methyl sites for hydroxylation is 1. The fourth-order valence-electron chi connectivity index (χ4n) is 2.51. The van der Waals surface area contributed by atoms with Gasteiger partial charge in [-0.2, -0.15) is 0 Å². The summed E-state index contributed by atoms with van der Waals surface area (Å²) in [5.41, 5.74) is 5.72.